The van der Waals surface area contributed by atoms with Crippen molar-refractivity contribution in [2.45, 2.75) is 14.2 Å². The summed E-state index contributed by atoms with van der Waals surface area (Å²) in [5.74, 6) is 0.968. The van der Waals surface area contributed by atoms with E-state index in [1.807, 2.05) is 0 Å². The Hall–Kier alpha value is -1.29. The minimum Gasteiger partial charge on any atom is -0.495 e. The van der Waals surface area contributed by atoms with Crippen LogP contribution in [-0.4, -0.2) is 26.7 Å². The number of rotatable bonds is 6. The number of thiophene rings is 1. The summed E-state index contributed by atoms with van der Waals surface area (Å²) in [7, 11) is -1.96. The van der Waals surface area contributed by atoms with Gasteiger partial charge in [-0.3, -0.25) is 10.1 Å². The van der Waals surface area contributed by atoms with Crippen LogP contribution < -0.4 is 4.74 Å². The number of thioether (sulfide) groups is 1. The molecule has 0 amide bonds. The second-order valence-corrected chi connectivity index (χ2v) is 9.47. The molecule has 2 aromatic rings. The third-order valence-electron chi connectivity index (χ3n) is 2.81. The number of ether oxygens (including phenoxy) is 1. The fraction of sp³-hybridized carbons (Fsp3) is 0.231. The standard InChI is InChI=1S/C13H12ClNO5S3/c1-20-11-4-3-8(5-9(11)14)7-21-13-10(15(16)17)6-12(22-13)23(2,18)19/h3-6H,7H2,1-2H3. The van der Waals surface area contributed by atoms with Crippen LogP contribution in [0.3, 0.4) is 0 Å². The Bertz CT molecular complexity index is 847. The maximum absolute atomic E-state index is 11.6. The summed E-state index contributed by atoms with van der Waals surface area (Å²) in [6, 6.07) is 6.32. The molecule has 0 aliphatic rings. The van der Waals surface area contributed by atoms with Crippen LogP contribution in [0.15, 0.2) is 32.7 Å². The van der Waals surface area contributed by atoms with Gasteiger partial charge in [0.1, 0.15) is 14.2 Å². The third-order valence-corrected chi connectivity index (χ3v) is 7.37. The Morgan fingerprint density at radius 3 is 2.61 bits per heavy atom. The highest BCUT2D eigenvalue weighted by Gasteiger charge is 2.24. The maximum Gasteiger partial charge on any atom is 0.295 e. The highest BCUT2D eigenvalue weighted by Crippen LogP contribution is 2.41. The minimum absolute atomic E-state index is 0.0144. The molecule has 6 nitrogen and oxygen atoms in total. The van der Waals surface area contributed by atoms with Crippen molar-refractivity contribution in [3.8, 4) is 5.75 Å². The number of hydrogen-bond acceptors (Lipinski definition) is 7. The van der Waals surface area contributed by atoms with E-state index in [9.17, 15) is 18.5 Å². The lowest BCUT2D eigenvalue weighted by atomic mass is 10.2. The van der Waals surface area contributed by atoms with Crippen LogP contribution in [0.1, 0.15) is 5.56 Å². The van der Waals surface area contributed by atoms with E-state index >= 15 is 0 Å². The fourth-order valence-corrected chi connectivity index (χ4v) is 5.36. The zero-order valence-electron chi connectivity index (χ0n) is 12.1. The van der Waals surface area contributed by atoms with Crippen LogP contribution in [0.25, 0.3) is 0 Å². The molecule has 0 N–H and O–H groups in total. The third kappa shape index (κ3) is 4.37. The Kier molecular flexibility index (Phi) is 5.56. The lowest BCUT2D eigenvalue weighted by Gasteiger charge is -2.05. The lowest BCUT2D eigenvalue weighted by Crippen LogP contribution is -1.92. The van der Waals surface area contributed by atoms with Gasteiger partial charge in [-0.25, -0.2) is 8.42 Å². The van der Waals surface area contributed by atoms with Crippen molar-refractivity contribution in [3.63, 3.8) is 0 Å². The molecule has 0 saturated carbocycles. The molecule has 1 aromatic carbocycles. The molecule has 0 fully saturated rings. The fourth-order valence-electron chi connectivity index (χ4n) is 1.71. The molecule has 0 saturated heterocycles. The summed E-state index contributed by atoms with van der Waals surface area (Å²) < 4.78 is 28.5. The zero-order valence-corrected chi connectivity index (χ0v) is 15.3. The molecule has 0 aliphatic heterocycles. The van der Waals surface area contributed by atoms with Crippen LogP contribution in [0.4, 0.5) is 5.69 Å². The van der Waals surface area contributed by atoms with Crippen LogP contribution in [-0.2, 0) is 15.6 Å². The Labute approximate surface area is 146 Å². The van der Waals surface area contributed by atoms with Gasteiger partial charge in [-0.2, -0.15) is 0 Å². The summed E-state index contributed by atoms with van der Waals surface area (Å²) in [5, 5.41) is 11.5. The predicted molar refractivity (Wildman–Crippen MR) is 91.6 cm³/mol. The van der Waals surface area contributed by atoms with E-state index in [0.717, 1.165) is 29.2 Å². The normalized spacial score (nSPS) is 11.4. The quantitative estimate of drug-likeness (QED) is 0.418. The molecule has 0 aliphatic carbocycles. The molecule has 0 bridgehead atoms. The van der Waals surface area contributed by atoms with Gasteiger partial charge in [0, 0.05) is 18.1 Å². The Morgan fingerprint density at radius 1 is 1.39 bits per heavy atom. The van der Waals surface area contributed by atoms with Crippen LogP contribution >= 0.6 is 34.7 Å². The van der Waals surface area contributed by atoms with E-state index in [1.165, 1.54) is 18.9 Å². The molecule has 0 unspecified atom stereocenters. The number of nitro groups is 1. The largest absolute Gasteiger partial charge is 0.495 e. The Balaban J connectivity index is 2.24. The van der Waals surface area contributed by atoms with Gasteiger partial charge in [0.2, 0.25) is 0 Å². The first kappa shape index (κ1) is 18.1. The number of benzene rings is 1. The zero-order chi connectivity index (χ0) is 17.2. The van der Waals surface area contributed by atoms with Crippen LogP contribution in [0.5, 0.6) is 5.75 Å². The molecular formula is C13H12ClNO5S3. The molecule has 1 aromatic heterocycles. The first-order valence-electron chi connectivity index (χ1n) is 6.16. The first-order chi connectivity index (χ1) is 10.7. The average Bonchev–Trinajstić information content (AvgIpc) is 2.89. The number of sulfone groups is 1. The van der Waals surface area contributed by atoms with E-state index in [1.54, 1.807) is 18.2 Å². The summed E-state index contributed by atoms with van der Waals surface area (Å²) in [6.07, 6.45) is 1.03. The van der Waals surface area contributed by atoms with Gasteiger partial charge in [-0.1, -0.05) is 17.7 Å². The van der Waals surface area contributed by atoms with Crippen molar-refractivity contribution in [1.82, 2.24) is 0 Å². The molecule has 0 spiro atoms. The van der Waals surface area contributed by atoms with Crippen molar-refractivity contribution in [2.24, 2.45) is 0 Å². The van der Waals surface area contributed by atoms with Gasteiger partial charge >= 0.3 is 0 Å². The van der Waals surface area contributed by atoms with E-state index in [2.05, 4.69) is 0 Å². The smallest absolute Gasteiger partial charge is 0.295 e. The first-order valence-corrected chi connectivity index (χ1v) is 10.2. The van der Waals surface area contributed by atoms with Crippen LogP contribution in [0.2, 0.25) is 5.02 Å². The summed E-state index contributed by atoms with van der Waals surface area (Å²) >= 11 is 8.14. The SMILES string of the molecule is COc1ccc(CSc2sc(S(C)(=O)=O)cc2[N+](=O)[O-])cc1Cl. The number of nitrogens with zero attached hydrogens (tertiary/aromatic N) is 1. The van der Waals surface area contributed by atoms with Gasteiger partial charge in [-0.05, 0) is 17.7 Å². The van der Waals surface area contributed by atoms with Gasteiger partial charge in [-0.15, -0.1) is 23.1 Å². The van der Waals surface area contributed by atoms with E-state index in [0.29, 0.717) is 20.7 Å². The molecular weight excluding hydrogens is 382 g/mol. The summed E-state index contributed by atoms with van der Waals surface area (Å²) in [5.41, 5.74) is 0.657. The van der Waals surface area contributed by atoms with E-state index < -0.39 is 14.8 Å². The van der Waals surface area contributed by atoms with Gasteiger partial charge in [0.15, 0.2) is 9.84 Å². The molecule has 124 valence electrons. The number of methoxy groups -OCH3 is 1. The summed E-state index contributed by atoms with van der Waals surface area (Å²) in [4.78, 5) is 10.5. The predicted octanol–water partition coefficient (Wildman–Crippen LogP) is 4.01. The number of halogens is 1. The molecule has 0 radical (unpaired) electrons. The lowest BCUT2D eigenvalue weighted by molar-refractivity contribution is -0.387. The van der Waals surface area contributed by atoms with Crippen molar-refractivity contribution in [1.29, 1.82) is 0 Å². The topological polar surface area (TPSA) is 86.5 Å². The molecule has 23 heavy (non-hydrogen) atoms. The van der Waals surface area contributed by atoms with Crippen LogP contribution in [0, 0.1) is 10.1 Å². The van der Waals surface area contributed by atoms with E-state index in [4.69, 9.17) is 16.3 Å². The second-order valence-electron chi connectivity index (χ2n) is 4.52. The van der Waals surface area contributed by atoms with Crippen molar-refractivity contribution in [2.75, 3.05) is 13.4 Å². The van der Waals surface area contributed by atoms with Gasteiger partial charge < -0.3 is 4.74 Å². The van der Waals surface area contributed by atoms with Crippen molar-refractivity contribution < 1.29 is 18.1 Å². The Morgan fingerprint density at radius 2 is 2.09 bits per heavy atom. The monoisotopic (exact) mass is 393 g/mol. The molecule has 10 heteroatoms. The maximum atomic E-state index is 11.6. The van der Waals surface area contributed by atoms with Gasteiger partial charge in [0.25, 0.3) is 5.69 Å². The molecule has 0 atom stereocenters. The molecule has 2 rings (SSSR count). The molecule has 1 heterocycles. The van der Waals surface area contributed by atoms with Gasteiger partial charge in [0.05, 0.1) is 17.1 Å². The van der Waals surface area contributed by atoms with Crippen molar-refractivity contribution >= 4 is 50.2 Å². The van der Waals surface area contributed by atoms with E-state index in [-0.39, 0.29) is 9.90 Å². The highest BCUT2D eigenvalue weighted by molar-refractivity contribution is 8.01. The minimum atomic E-state index is -3.47. The highest BCUT2D eigenvalue weighted by atomic mass is 35.5. The second kappa shape index (κ2) is 7.08. The summed E-state index contributed by atoms with van der Waals surface area (Å²) in [6.45, 7) is 0. The average molecular weight is 394 g/mol. The number of hydrogen-bond donors (Lipinski definition) is 0. The van der Waals surface area contributed by atoms with Crippen molar-refractivity contribution in [3.05, 3.63) is 45.0 Å².